The van der Waals surface area contributed by atoms with Crippen molar-refractivity contribution in [3.8, 4) is 0 Å². The second-order valence-electron chi connectivity index (χ2n) is 16.9. The minimum atomic E-state index is -0.236. The quantitative estimate of drug-likeness (QED) is 0.0277. The average molecular weight is 734 g/mol. The molecule has 0 aliphatic heterocycles. The van der Waals surface area contributed by atoms with Crippen molar-refractivity contribution in [2.75, 3.05) is 33.9 Å². The third-order valence-corrected chi connectivity index (χ3v) is 9.40. The second-order valence-corrected chi connectivity index (χ2v) is 16.9. The molecular weight excluding hydrogens is 650 g/mol. The fourth-order valence-electron chi connectivity index (χ4n) is 7.32. The SMILES string of the molecule is CCCCCCCCC=CCOC(=O)CCCCC(CCCCC(=O)OCC=CCCCCCCCC)OC(=O)CC(C)(C)CC(C)(C)CN(C)C. The number of hydrogen-bond donors (Lipinski definition) is 0. The summed E-state index contributed by atoms with van der Waals surface area (Å²) < 4.78 is 16.9. The van der Waals surface area contributed by atoms with Crippen LogP contribution in [-0.4, -0.2) is 62.8 Å². The normalized spacial score (nSPS) is 12.9. The summed E-state index contributed by atoms with van der Waals surface area (Å²) in [6.45, 7) is 14.9. The van der Waals surface area contributed by atoms with E-state index in [9.17, 15) is 14.4 Å². The van der Waals surface area contributed by atoms with Gasteiger partial charge in [-0.25, -0.2) is 0 Å². The zero-order valence-corrected chi connectivity index (χ0v) is 35.4. The van der Waals surface area contributed by atoms with Gasteiger partial charge in [0.25, 0.3) is 0 Å². The van der Waals surface area contributed by atoms with Crippen LogP contribution in [0.25, 0.3) is 0 Å². The van der Waals surface area contributed by atoms with Gasteiger partial charge in [0.1, 0.15) is 19.3 Å². The number of unbranched alkanes of at least 4 members (excludes halogenated alkanes) is 14. The van der Waals surface area contributed by atoms with Crippen molar-refractivity contribution in [1.82, 2.24) is 4.90 Å². The number of allylic oxidation sites excluding steroid dienone is 2. The smallest absolute Gasteiger partial charge is 0.306 e. The van der Waals surface area contributed by atoms with E-state index >= 15 is 0 Å². The first-order chi connectivity index (χ1) is 24.8. The van der Waals surface area contributed by atoms with E-state index in [4.69, 9.17) is 14.2 Å². The lowest BCUT2D eigenvalue weighted by molar-refractivity contribution is -0.153. The first-order valence-electron chi connectivity index (χ1n) is 21.3. The number of hydrogen-bond acceptors (Lipinski definition) is 7. The van der Waals surface area contributed by atoms with Crippen LogP contribution in [0.4, 0.5) is 0 Å². The van der Waals surface area contributed by atoms with Crippen molar-refractivity contribution in [3.05, 3.63) is 24.3 Å². The number of carbonyl (C=O) groups is 3. The first kappa shape index (κ1) is 49.9. The average Bonchev–Trinajstić information content (AvgIpc) is 3.05. The van der Waals surface area contributed by atoms with E-state index in [1.807, 2.05) is 12.2 Å². The molecule has 0 saturated heterocycles. The molecule has 0 radical (unpaired) electrons. The minimum absolute atomic E-state index is 0.0727. The third-order valence-electron chi connectivity index (χ3n) is 9.40. The molecular formula is C45H83NO6. The highest BCUT2D eigenvalue weighted by Gasteiger charge is 2.32. The monoisotopic (exact) mass is 734 g/mol. The summed E-state index contributed by atoms with van der Waals surface area (Å²) in [6.07, 6.45) is 31.6. The van der Waals surface area contributed by atoms with Gasteiger partial charge in [-0.05, 0) is 95.6 Å². The molecule has 0 aliphatic carbocycles. The van der Waals surface area contributed by atoms with E-state index in [1.165, 1.54) is 77.0 Å². The molecule has 0 aliphatic rings. The second kappa shape index (κ2) is 32.3. The standard InChI is InChI=1S/C45H83NO6/c1-9-11-13-15-17-19-21-23-29-35-50-41(47)33-27-25-31-40(52-43(49)37-44(3,4)38-45(5,6)39-46(7)8)32-26-28-34-42(48)51-36-30-24-22-20-18-16-14-12-10-2/h23-24,29-30,40H,9-22,25-28,31-39H2,1-8H3. The summed E-state index contributed by atoms with van der Waals surface area (Å²) in [5.74, 6) is -0.541. The fourth-order valence-corrected chi connectivity index (χ4v) is 7.32. The lowest BCUT2D eigenvalue weighted by atomic mass is 9.73. The molecule has 0 N–H and O–H groups in total. The molecule has 0 aromatic heterocycles. The van der Waals surface area contributed by atoms with E-state index in [0.29, 0.717) is 58.2 Å². The van der Waals surface area contributed by atoms with Gasteiger partial charge < -0.3 is 19.1 Å². The van der Waals surface area contributed by atoms with E-state index in [0.717, 1.165) is 38.6 Å². The van der Waals surface area contributed by atoms with Crippen molar-refractivity contribution in [2.45, 2.75) is 202 Å². The Morgan fingerprint density at radius 3 is 1.44 bits per heavy atom. The largest absolute Gasteiger partial charge is 0.462 e. The Balaban J connectivity index is 4.69. The van der Waals surface area contributed by atoms with Gasteiger partial charge in [-0.1, -0.05) is 130 Å². The Morgan fingerprint density at radius 2 is 1.00 bits per heavy atom. The molecule has 7 heteroatoms. The molecule has 304 valence electrons. The molecule has 0 aromatic carbocycles. The first-order valence-corrected chi connectivity index (χ1v) is 21.3. The van der Waals surface area contributed by atoms with Crippen molar-refractivity contribution >= 4 is 17.9 Å². The zero-order valence-electron chi connectivity index (χ0n) is 35.4. The molecule has 0 atom stereocenters. The maximum Gasteiger partial charge on any atom is 0.306 e. The molecule has 0 spiro atoms. The number of ether oxygens (including phenoxy) is 3. The van der Waals surface area contributed by atoms with Crippen LogP contribution in [0.2, 0.25) is 0 Å². The highest BCUT2D eigenvalue weighted by Crippen LogP contribution is 2.37. The molecule has 52 heavy (non-hydrogen) atoms. The lowest BCUT2D eigenvalue weighted by Gasteiger charge is -2.36. The highest BCUT2D eigenvalue weighted by molar-refractivity contribution is 5.70. The van der Waals surface area contributed by atoms with Crippen LogP contribution in [0.1, 0.15) is 196 Å². The Morgan fingerprint density at radius 1 is 0.558 bits per heavy atom. The van der Waals surface area contributed by atoms with Gasteiger partial charge >= 0.3 is 17.9 Å². The summed E-state index contributed by atoms with van der Waals surface area (Å²) >= 11 is 0. The van der Waals surface area contributed by atoms with Crippen molar-refractivity contribution in [2.24, 2.45) is 10.8 Å². The lowest BCUT2D eigenvalue weighted by Crippen LogP contribution is -2.34. The molecule has 0 amide bonds. The fraction of sp³-hybridized carbons (Fsp3) is 0.844. The number of nitrogens with zero attached hydrogens (tertiary/aromatic N) is 1. The van der Waals surface area contributed by atoms with Gasteiger partial charge in [0.2, 0.25) is 0 Å². The molecule has 7 nitrogen and oxygen atoms in total. The predicted octanol–water partition coefficient (Wildman–Crippen LogP) is 12.1. The summed E-state index contributed by atoms with van der Waals surface area (Å²) in [5.41, 5.74) is -0.121. The maximum absolute atomic E-state index is 13.2. The number of carbonyl (C=O) groups excluding carboxylic acids is 3. The molecule has 0 saturated carbocycles. The van der Waals surface area contributed by atoms with Crippen LogP contribution in [0.3, 0.4) is 0 Å². The van der Waals surface area contributed by atoms with Gasteiger partial charge in [0.05, 0.1) is 6.42 Å². The van der Waals surface area contributed by atoms with Crippen LogP contribution in [0.15, 0.2) is 24.3 Å². The highest BCUT2D eigenvalue weighted by atomic mass is 16.5. The Kier molecular flexibility index (Phi) is 31.0. The van der Waals surface area contributed by atoms with Crippen LogP contribution < -0.4 is 0 Å². The molecule has 0 fully saturated rings. The Hall–Kier alpha value is -2.15. The van der Waals surface area contributed by atoms with Crippen LogP contribution in [0, 0.1) is 10.8 Å². The van der Waals surface area contributed by atoms with Crippen molar-refractivity contribution in [1.29, 1.82) is 0 Å². The number of rotatable bonds is 35. The maximum atomic E-state index is 13.2. The molecule has 0 rings (SSSR count). The van der Waals surface area contributed by atoms with Crippen LogP contribution in [0.5, 0.6) is 0 Å². The summed E-state index contributed by atoms with van der Waals surface area (Å²) in [5, 5.41) is 0. The van der Waals surface area contributed by atoms with Gasteiger partial charge in [0, 0.05) is 19.4 Å². The van der Waals surface area contributed by atoms with Crippen molar-refractivity contribution in [3.63, 3.8) is 0 Å². The summed E-state index contributed by atoms with van der Waals surface area (Å²) in [6, 6.07) is 0. The predicted molar refractivity (Wildman–Crippen MR) is 218 cm³/mol. The van der Waals surface area contributed by atoms with Gasteiger partial charge in [0.15, 0.2) is 0 Å². The van der Waals surface area contributed by atoms with Gasteiger partial charge in [-0.2, -0.15) is 0 Å². The summed E-state index contributed by atoms with van der Waals surface area (Å²) in [7, 11) is 4.16. The molecule has 0 unspecified atom stereocenters. The van der Waals surface area contributed by atoms with Crippen LogP contribution in [-0.2, 0) is 28.6 Å². The van der Waals surface area contributed by atoms with Crippen molar-refractivity contribution < 1.29 is 28.6 Å². The van der Waals surface area contributed by atoms with E-state index in [-0.39, 0.29) is 34.8 Å². The minimum Gasteiger partial charge on any atom is -0.462 e. The van der Waals surface area contributed by atoms with Gasteiger partial charge in [-0.3, -0.25) is 14.4 Å². The Bertz CT molecular complexity index is 903. The summed E-state index contributed by atoms with van der Waals surface area (Å²) in [4.78, 5) is 40.0. The van der Waals surface area contributed by atoms with E-state index in [2.05, 4.69) is 72.7 Å². The zero-order chi connectivity index (χ0) is 38.9. The van der Waals surface area contributed by atoms with Crippen LogP contribution >= 0.6 is 0 Å². The molecule has 0 heterocycles. The number of esters is 3. The third kappa shape index (κ3) is 33.7. The Labute approximate surface area is 321 Å². The van der Waals surface area contributed by atoms with E-state index < -0.39 is 0 Å². The van der Waals surface area contributed by atoms with E-state index in [1.54, 1.807) is 0 Å². The molecule has 0 bridgehead atoms. The topological polar surface area (TPSA) is 82.1 Å². The molecule has 0 aromatic rings. The van der Waals surface area contributed by atoms with Gasteiger partial charge in [-0.15, -0.1) is 0 Å².